The van der Waals surface area contributed by atoms with Gasteiger partial charge in [-0.2, -0.15) is 5.26 Å². The fourth-order valence-corrected chi connectivity index (χ4v) is 5.53. The lowest BCUT2D eigenvalue weighted by atomic mass is 9.72. The number of amides is 1. The van der Waals surface area contributed by atoms with Crippen LogP contribution in [-0.2, 0) is 12.8 Å². The molecule has 1 amide bonds. The van der Waals surface area contributed by atoms with Crippen LogP contribution < -0.4 is 5.32 Å². The molecule has 4 rings (SSSR count). The molecule has 31 heavy (non-hydrogen) atoms. The van der Waals surface area contributed by atoms with Crippen molar-refractivity contribution in [2.45, 2.75) is 40.0 Å². The maximum Gasteiger partial charge on any atom is 0.292 e. The maximum absolute atomic E-state index is 12.8. The number of hydrogen-bond donors (Lipinski definition) is 1. The number of rotatable bonds is 3. The summed E-state index contributed by atoms with van der Waals surface area (Å²) in [5.41, 5.74) is 2.61. The first-order valence-electron chi connectivity index (χ1n) is 10.1. The minimum Gasteiger partial charge on any atom is -0.451 e. The van der Waals surface area contributed by atoms with Crippen LogP contribution >= 0.6 is 34.5 Å². The predicted molar refractivity (Wildman–Crippen MR) is 126 cm³/mol. The second-order valence-electron chi connectivity index (χ2n) is 8.87. The Labute approximate surface area is 195 Å². The number of nitrogens with one attached hydrogen (secondary N) is 1. The van der Waals surface area contributed by atoms with Crippen molar-refractivity contribution in [2.24, 2.45) is 11.3 Å². The molecule has 3 aromatic rings. The van der Waals surface area contributed by atoms with Gasteiger partial charge in [0.1, 0.15) is 16.8 Å². The zero-order valence-electron chi connectivity index (χ0n) is 17.5. The van der Waals surface area contributed by atoms with Crippen LogP contribution in [-0.4, -0.2) is 5.91 Å². The number of nitriles is 1. The van der Waals surface area contributed by atoms with Crippen molar-refractivity contribution in [1.29, 1.82) is 5.26 Å². The molecule has 1 aliphatic rings. The minimum atomic E-state index is -0.381. The van der Waals surface area contributed by atoms with E-state index in [4.69, 9.17) is 27.6 Å². The van der Waals surface area contributed by atoms with Crippen LogP contribution in [0.15, 0.2) is 34.7 Å². The van der Waals surface area contributed by atoms with Gasteiger partial charge in [-0.05, 0) is 66.5 Å². The number of anilines is 1. The first kappa shape index (κ1) is 22.0. The summed E-state index contributed by atoms with van der Waals surface area (Å²) >= 11 is 13.6. The number of hydrogen-bond acceptors (Lipinski definition) is 4. The van der Waals surface area contributed by atoms with E-state index in [-0.39, 0.29) is 17.1 Å². The molecule has 7 heteroatoms. The largest absolute Gasteiger partial charge is 0.451 e. The molecule has 0 fully saturated rings. The first-order chi connectivity index (χ1) is 14.7. The van der Waals surface area contributed by atoms with E-state index in [9.17, 15) is 10.1 Å². The van der Waals surface area contributed by atoms with E-state index < -0.39 is 0 Å². The van der Waals surface area contributed by atoms with Crippen molar-refractivity contribution in [3.8, 4) is 17.4 Å². The molecule has 0 radical (unpaired) electrons. The Morgan fingerprint density at radius 3 is 2.68 bits per heavy atom. The fourth-order valence-electron chi connectivity index (χ4n) is 3.96. The van der Waals surface area contributed by atoms with Crippen molar-refractivity contribution < 1.29 is 9.21 Å². The van der Waals surface area contributed by atoms with Crippen LogP contribution in [0, 0.1) is 22.7 Å². The van der Waals surface area contributed by atoms with Crippen molar-refractivity contribution in [3.63, 3.8) is 0 Å². The number of halogens is 2. The molecule has 2 heterocycles. The molecular weight excluding hydrogens is 451 g/mol. The van der Waals surface area contributed by atoms with Crippen LogP contribution in [0.25, 0.3) is 11.3 Å². The minimum absolute atomic E-state index is 0.170. The summed E-state index contributed by atoms with van der Waals surface area (Å²) in [5, 5.41) is 14.1. The lowest BCUT2D eigenvalue weighted by Crippen LogP contribution is -2.26. The Morgan fingerprint density at radius 2 is 2.00 bits per heavy atom. The predicted octanol–water partition coefficient (Wildman–Crippen LogP) is 7.59. The highest BCUT2D eigenvalue weighted by atomic mass is 35.5. The van der Waals surface area contributed by atoms with E-state index in [1.165, 1.54) is 16.2 Å². The molecule has 0 saturated heterocycles. The number of carbonyl (C=O) groups is 1. The van der Waals surface area contributed by atoms with E-state index in [0.717, 1.165) is 30.4 Å². The van der Waals surface area contributed by atoms with E-state index >= 15 is 0 Å². The third kappa shape index (κ3) is 4.39. The molecule has 0 bridgehead atoms. The SMILES string of the molecule is CC(C)(C)[C@@H]1CCc2c(sc(NC(=O)c3ccc(-c4ccc(Cl)c(Cl)c4)o3)c2C#N)C1. The summed E-state index contributed by atoms with van der Waals surface area (Å²) in [6.45, 7) is 6.77. The highest BCUT2D eigenvalue weighted by molar-refractivity contribution is 7.16. The Morgan fingerprint density at radius 1 is 1.23 bits per heavy atom. The molecule has 2 aromatic heterocycles. The lowest BCUT2D eigenvalue weighted by Gasteiger charge is -2.33. The van der Waals surface area contributed by atoms with Crippen molar-refractivity contribution in [3.05, 3.63) is 62.1 Å². The molecule has 0 spiro atoms. The number of thiophene rings is 1. The Hall–Kier alpha value is -2.26. The first-order valence-corrected chi connectivity index (χ1v) is 11.7. The average molecular weight is 473 g/mol. The second-order valence-corrected chi connectivity index (χ2v) is 10.8. The van der Waals surface area contributed by atoms with Gasteiger partial charge in [-0.15, -0.1) is 11.3 Å². The van der Waals surface area contributed by atoms with Gasteiger partial charge >= 0.3 is 0 Å². The molecule has 1 atom stereocenters. The smallest absolute Gasteiger partial charge is 0.292 e. The van der Waals surface area contributed by atoms with Gasteiger partial charge in [-0.3, -0.25) is 4.79 Å². The highest BCUT2D eigenvalue weighted by Gasteiger charge is 2.32. The Bertz CT molecular complexity index is 1200. The Kier molecular flexibility index (Phi) is 5.91. The zero-order chi connectivity index (χ0) is 22.3. The summed E-state index contributed by atoms with van der Waals surface area (Å²) in [5.74, 6) is 0.868. The topological polar surface area (TPSA) is 66.0 Å². The quantitative estimate of drug-likeness (QED) is 0.426. The second kappa shape index (κ2) is 8.35. The molecule has 0 aliphatic heterocycles. The standard InChI is InChI=1S/C24H22Cl2N2O2S/c1-24(2,3)14-5-6-15-16(12-27)23(31-21(15)11-14)28-22(29)20-9-8-19(30-20)13-4-7-17(25)18(26)10-13/h4,7-10,14H,5-6,11H2,1-3H3,(H,28,29)/t14-/m1/s1. The molecule has 0 unspecified atom stereocenters. The van der Waals surface area contributed by atoms with Gasteiger partial charge in [-0.25, -0.2) is 0 Å². The summed E-state index contributed by atoms with van der Waals surface area (Å²) < 4.78 is 5.74. The molecule has 1 aliphatic carbocycles. The lowest BCUT2D eigenvalue weighted by molar-refractivity contribution is 0.0998. The van der Waals surface area contributed by atoms with Crippen molar-refractivity contribution in [2.75, 3.05) is 5.32 Å². The summed E-state index contributed by atoms with van der Waals surface area (Å²) in [7, 11) is 0. The van der Waals surface area contributed by atoms with Crippen LogP contribution in [0.1, 0.15) is 53.8 Å². The number of furan rings is 1. The number of benzene rings is 1. The summed E-state index contributed by atoms with van der Waals surface area (Å²) in [6, 6.07) is 10.8. The van der Waals surface area contributed by atoms with Crippen LogP contribution in [0.2, 0.25) is 10.0 Å². The Balaban J connectivity index is 1.56. The fraction of sp³-hybridized carbons (Fsp3) is 0.333. The number of fused-ring (bicyclic) bond motifs is 1. The van der Waals surface area contributed by atoms with Gasteiger partial charge in [0, 0.05) is 10.4 Å². The normalized spacial score (nSPS) is 15.9. The van der Waals surface area contributed by atoms with Crippen LogP contribution in [0.3, 0.4) is 0 Å². The van der Waals surface area contributed by atoms with Crippen molar-refractivity contribution in [1.82, 2.24) is 0 Å². The van der Waals surface area contributed by atoms with Gasteiger partial charge in [0.05, 0.1) is 15.6 Å². The monoisotopic (exact) mass is 472 g/mol. The van der Waals surface area contributed by atoms with Crippen LogP contribution in [0.4, 0.5) is 5.00 Å². The molecule has 4 nitrogen and oxygen atoms in total. The molecule has 1 aromatic carbocycles. The number of nitrogens with zero attached hydrogens (tertiary/aromatic N) is 1. The third-order valence-corrected chi connectivity index (χ3v) is 7.77. The third-order valence-electron chi connectivity index (χ3n) is 5.86. The van der Waals surface area contributed by atoms with E-state index in [2.05, 4.69) is 32.2 Å². The van der Waals surface area contributed by atoms with E-state index in [1.807, 2.05) is 0 Å². The zero-order valence-corrected chi connectivity index (χ0v) is 19.8. The van der Waals surface area contributed by atoms with Crippen LogP contribution in [0.5, 0.6) is 0 Å². The number of carbonyl (C=O) groups excluding carboxylic acids is 1. The van der Waals surface area contributed by atoms with Crippen molar-refractivity contribution >= 4 is 45.4 Å². The van der Waals surface area contributed by atoms with E-state index in [1.54, 1.807) is 30.3 Å². The van der Waals surface area contributed by atoms with Gasteiger partial charge in [0.15, 0.2) is 5.76 Å². The summed E-state index contributed by atoms with van der Waals surface area (Å²) in [6.07, 6.45) is 2.87. The molecular formula is C24H22Cl2N2O2S. The van der Waals surface area contributed by atoms with Gasteiger partial charge in [0.2, 0.25) is 0 Å². The molecule has 160 valence electrons. The van der Waals surface area contributed by atoms with E-state index in [0.29, 0.717) is 32.3 Å². The molecule has 0 saturated carbocycles. The van der Waals surface area contributed by atoms with Gasteiger partial charge in [-0.1, -0.05) is 44.0 Å². The summed E-state index contributed by atoms with van der Waals surface area (Å²) in [4.78, 5) is 14.0. The van der Waals surface area contributed by atoms with Gasteiger partial charge in [0.25, 0.3) is 5.91 Å². The molecule has 1 N–H and O–H groups in total. The maximum atomic E-state index is 12.8. The van der Waals surface area contributed by atoms with Gasteiger partial charge < -0.3 is 9.73 Å². The highest BCUT2D eigenvalue weighted by Crippen LogP contribution is 2.44. The average Bonchev–Trinajstić information content (AvgIpc) is 3.33.